The number of anilines is 2. The molecule has 4 aromatic rings. The van der Waals surface area contributed by atoms with Crippen molar-refractivity contribution in [3.8, 4) is 11.6 Å². The van der Waals surface area contributed by atoms with Crippen LogP contribution in [-0.4, -0.2) is 26.4 Å². The van der Waals surface area contributed by atoms with Crippen molar-refractivity contribution in [2.45, 2.75) is 25.9 Å². The van der Waals surface area contributed by atoms with Gasteiger partial charge in [0.15, 0.2) is 0 Å². The molecular formula is C23H23ClN6O2. The molecule has 0 atom stereocenters. The Balaban J connectivity index is 1.38. The first-order valence-electron chi connectivity index (χ1n) is 9.98. The van der Waals surface area contributed by atoms with Crippen molar-refractivity contribution < 1.29 is 9.53 Å². The highest BCUT2D eigenvalue weighted by molar-refractivity contribution is 6.30. The van der Waals surface area contributed by atoms with E-state index in [0.29, 0.717) is 29.1 Å². The monoisotopic (exact) mass is 450 g/mol. The summed E-state index contributed by atoms with van der Waals surface area (Å²) >= 11 is 5.84. The number of H-pyrrole nitrogens is 1. The Hall–Kier alpha value is -3.78. The molecule has 0 fully saturated rings. The van der Waals surface area contributed by atoms with E-state index in [4.69, 9.17) is 22.1 Å². The number of ether oxygens (including phenoxy) is 1. The number of carbonyl (C=O) groups is 1. The fourth-order valence-electron chi connectivity index (χ4n) is 3.00. The quantitative estimate of drug-likeness (QED) is 0.309. The average Bonchev–Trinajstić information content (AvgIpc) is 3.17. The molecule has 0 saturated carbocycles. The summed E-state index contributed by atoms with van der Waals surface area (Å²) in [4.78, 5) is 23.5. The van der Waals surface area contributed by atoms with Gasteiger partial charge in [-0.1, -0.05) is 23.7 Å². The van der Waals surface area contributed by atoms with E-state index in [0.717, 1.165) is 22.3 Å². The summed E-state index contributed by atoms with van der Waals surface area (Å²) in [7, 11) is 0. The standard InChI is InChI=1S/C23H23ClN6O2/c1-23(2,21(25)31)30-16-6-9-18-19(11-16)29-22(28-18)27-12-14-3-7-17(8-4-14)32-20-10-5-15(24)13-26-20/h3-11,13,30H,12H2,1-2H3,(H2,25,31)(H2,27,28,29). The van der Waals surface area contributed by atoms with Crippen LogP contribution in [0.1, 0.15) is 19.4 Å². The number of nitrogens with one attached hydrogen (secondary N) is 3. The smallest absolute Gasteiger partial charge is 0.242 e. The molecule has 9 heteroatoms. The van der Waals surface area contributed by atoms with E-state index in [1.807, 2.05) is 42.5 Å². The highest BCUT2D eigenvalue weighted by atomic mass is 35.5. The molecule has 0 spiro atoms. The number of amides is 1. The highest BCUT2D eigenvalue weighted by Gasteiger charge is 2.24. The minimum absolute atomic E-state index is 0.426. The maximum atomic E-state index is 11.6. The molecule has 0 aliphatic carbocycles. The van der Waals surface area contributed by atoms with Crippen molar-refractivity contribution in [1.29, 1.82) is 0 Å². The second-order valence-electron chi connectivity index (χ2n) is 7.85. The Morgan fingerprint density at radius 2 is 1.94 bits per heavy atom. The SMILES string of the molecule is CC(C)(Nc1ccc2nc(NCc3ccc(Oc4ccc(Cl)cn4)cc3)[nH]c2c1)C(N)=O. The van der Waals surface area contributed by atoms with Gasteiger partial charge in [0.25, 0.3) is 0 Å². The van der Waals surface area contributed by atoms with Crippen molar-refractivity contribution in [1.82, 2.24) is 15.0 Å². The Labute approximate surface area is 190 Å². The Morgan fingerprint density at radius 1 is 1.16 bits per heavy atom. The zero-order valence-electron chi connectivity index (χ0n) is 17.6. The van der Waals surface area contributed by atoms with E-state index < -0.39 is 11.4 Å². The number of fused-ring (bicyclic) bond motifs is 1. The number of rotatable bonds is 8. The van der Waals surface area contributed by atoms with Gasteiger partial charge in [0.05, 0.1) is 16.1 Å². The Bertz CT molecular complexity index is 1240. The van der Waals surface area contributed by atoms with Crippen LogP contribution >= 0.6 is 11.6 Å². The molecule has 0 aliphatic heterocycles. The summed E-state index contributed by atoms with van der Waals surface area (Å²) in [6.07, 6.45) is 1.54. The molecule has 1 amide bonds. The normalized spacial score (nSPS) is 11.3. The predicted octanol–water partition coefficient (Wildman–Crippen LogP) is 4.69. The average molecular weight is 451 g/mol. The molecule has 0 unspecified atom stereocenters. The lowest BCUT2D eigenvalue weighted by atomic mass is 10.0. The molecule has 2 heterocycles. The third kappa shape index (κ3) is 5.09. The molecule has 0 aliphatic rings. The van der Waals surface area contributed by atoms with Crippen molar-refractivity contribution in [3.63, 3.8) is 0 Å². The summed E-state index contributed by atoms with van der Waals surface area (Å²) in [5.41, 5.74) is 8.08. The van der Waals surface area contributed by atoms with E-state index in [1.54, 1.807) is 32.2 Å². The molecule has 5 N–H and O–H groups in total. The van der Waals surface area contributed by atoms with Crippen LogP contribution in [0, 0.1) is 0 Å². The minimum atomic E-state index is -0.853. The number of pyridine rings is 1. The summed E-state index contributed by atoms with van der Waals surface area (Å²) in [6, 6.07) is 16.8. The van der Waals surface area contributed by atoms with Gasteiger partial charge in [0.2, 0.25) is 17.7 Å². The van der Waals surface area contributed by atoms with E-state index in [9.17, 15) is 4.79 Å². The number of nitrogens with zero attached hydrogens (tertiary/aromatic N) is 2. The molecule has 164 valence electrons. The van der Waals surface area contributed by atoms with Crippen molar-refractivity contribution in [2.75, 3.05) is 10.6 Å². The van der Waals surface area contributed by atoms with Crippen molar-refractivity contribution >= 4 is 40.2 Å². The van der Waals surface area contributed by atoms with Crippen molar-refractivity contribution in [3.05, 3.63) is 71.4 Å². The fraction of sp³-hybridized carbons (Fsp3) is 0.174. The number of imidazole rings is 1. The largest absolute Gasteiger partial charge is 0.439 e. The van der Waals surface area contributed by atoms with Gasteiger partial charge in [-0.05, 0) is 55.8 Å². The van der Waals surface area contributed by atoms with Gasteiger partial charge in [0, 0.05) is 24.5 Å². The van der Waals surface area contributed by atoms with Gasteiger partial charge in [-0.25, -0.2) is 9.97 Å². The fourth-order valence-corrected chi connectivity index (χ4v) is 3.11. The molecule has 0 bridgehead atoms. The van der Waals surface area contributed by atoms with Crippen molar-refractivity contribution in [2.24, 2.45) is 5.73 Å². The molecule has 8 nitrogen and oxygen atoms in total. The van der Waals surface area contributed by atoms with Crippen LogP contribution in [0.2, 0.25) is 5.02 Å². The molecule has 4 rings (SSSR count). The molecular weight excluding hydrogens is 428 g/mol. The topological polar surface area (TPSA) is 118 Å². The number of halogens is 1. The number of hydrogen-bond donors (Lipinski definition) is 4. The summed E-state index contributed by atoms with van der Waals surface area (Å²) < 4.78 is 5.71. The molecule has 2 aromatic carbocycles. The lowest BCUT2D eigenvalue weighted by molar-refractivity contribution is -0.121. The van der Waals surface area contributed by atoms with Crippen LogP contribution in [0.25, 0.3) is 11.0 Å². The van der Waals surface area contributed by atoms with Gasteiger partial charge >= 0.3 is 0 Å². The molecule has 0 radical (unpaired) electrons. The lowest BCUT2D eigenvalue weighted by Gasteiger charge is -2.23. The van der Waals surface area contributed by atoms with Gasteiger partial charge in [-0.15, -0.1) is 0 Å². The Morgan fingerprint density at radius 3 is 2.62 bits per heavy atom. The summed E-state index contributed by atoms with van der Waals surface area (Å²) in [6.45, 7) is 4.06. The van der Waals surface area contributed by atoms with Crippen LogP contribution in [0.15, 0.2) is 60.8 Å². The number of benzene rings is 2. The van der Waals surface area contributed by atoms with Crippen LogP contribution in [0.5, 0.6) is 11.6 Å². The zero-order chi connectivity index (χ0) is 22.7. The number of aromatic nitrogens is 3. The van der Waals surface area contributed by atoms with E-state index in [1.165, 1.54) is 0 Å². The molecule has 2 aromatic heterocycles. The first-order valence-corrected chi connectivity index (χ1v) is 10.4. The van der Waals surface area contributed by atoms with Crippen LogP contribution in [0.3, 0.4) is 0 Å². The maximum Gasteiger partial charge on any atom is 0.242 e. The third-order valence-electron chi connectivity index (χ3n) is 4.86. The summed E-state index contributed by atoms with van der Waals surface area (Å²) in [5.74, 6) is 1.39. The van der Waals surface area contributed by atoms with Crippen LogP contribution in [-0.2, 0) is 11.3 Å². The number of carbonyl (C=O) groups excluding carboxylic acids is 1. The van der Waals surface area contributed by atoms with Crippen LogP contribution < -0.4 is 21.1 Å². The van der Waals surface area contributed by atoms with Gasteiger partial charge in [-0.3, -0.25) is 4.79 Å². The molecule has 32 heavy (non-hydrogen) atoms. The number of primary amides is 1. The van der Waals surface area contributed by atoms with E-state index >= 15 is 0 Å². The second kappa shape index (κ2) is 8.76. The second-order valence-corrected chi connectivity index (χ2v) is 8.28. The predicted molar refractivity (Wildman–Crippen MR) is 126 cm³/mol. The number of nitrogens with two attached hydrogens (primary N) is 1. The number of aromatic amines is 1. The first kappa shape index (κ1) is 21.5. The van der Waals surface area contributed by atoms with E-state index in [2.05, 4.69) is 25.6 Å². The Kier molecular flexibility index (Phi) is 5.87. The van der Waals surface area contributed by atoms with E-state index in [-0.39, 0.29) is 0 Å². The molecule has 0 saturated heterocycles. The van der Waals surface area contributed by atoms with Gasteiger partial charge in [0.1, 0.15) is 11.3 Å². The number of hydrogen-bond acceptors (Lipinski definition) is 6. The van der Waals surface area contributed by atoms with Crippen LogP contribution in [0.4, 0.5) is 11.6 Å². The van der Waals surface area contributed by atoms with Gasteiger partial charge < -0.3 is 26.1 Å². The lowest BCUT2D eigenvalue weighted by Crippen LogP contribution is -2.44. The third-order valence-corrected chi connectivity index (χ3v) is 5.08. The van der Waals surface area contributed by atoms with Gasteiger partial charge in [-0.2, -0.15) is 0 Å². The summed E-state index contributed by atoms with van der Waals surface area (Å²) in [5, 5.41) is 6.98. The maximum absolute atomic E-state index is 11.6. The first-order chi connectivity index (χ1) is 15.3. The zero-order valence-corrected chi connectivity index (χ0v) is 18.4. The minimum Gasteiger partial charge on any atom is -0.439 e. The highest BCUT2D eigenvalue weighted by Crippen LogP contribution is 2.23.